The summed E-state index contributed by atoms with van der Waals surface area (Å²) in [5, 5.41) is 32.8. The summed E-state index contributed by atoms with van der Waals surface area (Å²) in [7, 11) is 0. The first-order chi connectivity index (χ1) is 16.8. The van der Waals surface area contributed by atoms with Crippen LogP contribution in [-0.4, -0.2) is 62.1 Å². The van der Waals surface area contributed by atoms with Crippen LogP contribution in [0.15, 0.2) is 11.2 Å². The van der Waals surface area contributed by atoms with Crippen LogP contribution in [0.5, 0.6) is 0 Å². The Kier molecular flexibility index (Phi) is 9.09. The molecule has 202 valence electrons. The Hall–Kier alpha value is -1.72. The summed E-state index contributed by atoms with van der Waals surface area (Å²) >= 11 is 1.19. The molecule has 0 radical (unpaired) electrons. The molecule has 8 nitrogen and oxygen atoms in total. The van der Waals surface area contributed by atoms with Gasteiger partial charge in [0.05, 0.1) is 48.0 Å². The fourth-order valence-corrected chi connectivity index (χ4v) is 5.49. The van der Waals surface area contributed by atoms with Gasteiger partial charge in [-0.3, -0.25) is 9.59 Å². The van der Waals surface area contributed by atoms with E-state index < -0.39 is 53.5 Å². The first kappa shape index (κ1) is 28.8. The lowest BCUT2D eigenvalue weighted by atomic mass is 9.73. The molecule has 0 saturated carbocycles. The van der Waals surface area contributed by atoms with E-state index in [1.165, 1.54) is 31.3 Å². The fourth-order valence-electron chi connectivity index (χ4n) is 4.88. The highest BCUT2D eigenvalue weighted by atomic mass is 32.1. The van der Waals surface area contributed by atoms with Crippen LogP contribution < -0.4 is 0 Å². The van der Waals surface area contributed by atoms with Crippen LogP contribution in [0.3, 0.4) is 0 Å². The number of carbonyl (C=O) groups excluding carboxylic acids is 2. The highest BCUT2D eigenvalue weighted by Crippen LogP contribution is 2.45. The van der Waals surface area contributed by atoms with Crippen LogP contribution in [-0.2, 0) is 25.7 Å². The van der Waals surface area contributed by atoms with E-state index in [0.717, 1.165) is 6.42 Å². The molecule has 1 aromatic rings. The number of aliphatic hydroxyl groups is 3. The van der Waals surface area contributed by atoms with Crippen LogP contribution >= 0.6 is 11.3 Å². The third-order valence-electron chi connectivity index (χ3n) is 7.70. The van der Waals surface area contributed by atoms with Crippen molar-refractivity contribution >= 4 is 29.2 Å². The number of hydrogen-bond acceptors (Lipinski definition) is 9. The van der Waals surface area contributed by atoms with Crippen LogP contribution in [0.2, 0.25) is 0 Å². The van der Waals surface area contributed by atoms with Gasteiger partial charge >= 0.3 is 5.97 Å². The van der Waals surface area contributed by atoms with E-state index >= 15 is 4.39 Å². The van der Waals surface area contributed by atoms with Crippen molar-refractivity contribution in [3.63, 3.8) is 0 Å². The monoisotopic (exact) mass is 527 g/mol. The van der Waals surface area contributed by atoms with Crippen molar-refractivity contribution in [3.8, 4) is 0 Å². The molecule has 3 N–H and O–H groups in total. The Labute approximate surface area is 215 Å². The van der Waals surface area contributed by atoms with Crippen LogP contribution in [0.4, 0.5) is 4.39 Å². The summed E-state index contributed by atoms with van der Waals surface area (Å²) in [6, 6.07) is 0. The number of Topliss-reactive ketones (excluding diaryl/α,β-unsaturated/α-hetero) is 1. The Bertz CT molecular complexity index is 979. The Morgan fingerprint density at radius 2 is 1.97 bits per heavy atom. The number of halogens is 1. The smallest absolute Gasteiger partial charge is 0.309 e. The standard InChI is InChI=1S/C26H38FNO7S/c1-14-7-6-8-26(5)20(35-26)10-18(17(27)9-16-13-36-21(12-29)28-16)34-22(31)11-19(30)25(3,4)24(33)15(2)23(14)32/h9,13-15,18-20,23,29-30,32H,6-8,10-12H2,1-5H3/t14-,15?,18-,19-,20-,23-,26+/m0/s1. The summed E-state index contributed by atoms with van der Waals surface area (Å²) in [5.74, 6) is -2.79. The predicted octanol–water partition coefficient (Wildman–Crippen LogP) is 3.57. The number of aromatic nitrogens is 1. The zero-order valence-electron chi connectivity index (χ0n) is 21.6. The zero-order chi connectivity index (χ0) is 26.8. The summed E-state index contributed by atoms with van der Waals surface area (Å²) in [4.78, 5) is 30.0. The first-order valence-corrected chi connectivity index (χ1v) is 13.4. The number of ketones is 1. The van der Waals surface area contributed by atoms with Crippen LogP contribution in [0.1, 0.15) is 77.4 Å². The van der Waals surface area contributed by atoms with E-state index in [1.807, 2.05) is 13.8 Å². The third kappa shape index (κ3) is 6.58. The van der Waals surface area contributed by atoms with E-state index in [4.69, 9.17) is 9.47 Å². The molecular formula is C26H38FNO7S. The molecule has 3 heterocycles. The van der Waals surface area contributed by atoms with Gasteiger partial charge in [0.2, 0.25) is 0 Å². The Morgan fingerprint density at radius 3 is 2.61 bits per heavy atom. The number of fused-ring (bicyclic) bond motifs is 1. The van der Waals surface area contributed by atoms with Gasteiger partial charge in [-0.15, -0.1) is 11.3 Å². The van der Waals surface area contributed by atoms with Gasteiger partial charge in [0, 0.05) is 17.7 Å². The normalized spacial score (nSPS) is 36.8. The first-order valence-electron chi connectivity index (χ1n) is 12.5. The highest BCUT2D eigenvalue weighted by molar-refractivity contribution is 7.09. The molecule has 10 heteroatoms. The molecule has 1 aromatic heterocycles. The lowest BCUT2D eigenvalue weighted by Crippen LogP contribution is -2.45. The maximum atomic E-state index is 15.3. The van der Waals surface area contributed by atoms with Gasteiger partial charge in [-0.2, -0.15) is 0 Å². The van der Waals surface area contributed by atoms with Gasteiger partial charge in [-0.05, 0) is 31.8 Å². The van der Waals surface area contributed by atoms with Gasteiger partial charge in [-0.1, -0.05) is 34.1 Å². The number of aliphatic hydroxyl groups excluding tert-OH is 3. The molecule has 2 aliphatic heterocycles. The fraction of sp³-hybridized carbons (Fsp3) is 0.731. The van der Waals surface area contributed by atoms with Gasteiger partial charge < -0.3 is 24.8 Å². The molecular weight excluding hydrogens is 489 g/mol. The number of hydrogen-bond donors (Lipinski definition) is 3. The molecule has 36 heavy (non-hydrogen) atoms. The molecule has 0 aliphatic carbocycles. The molecule has 3 rings (SSSR count). The van der Waals surface area contributed by atoms with Crippen molar-refractivity contribution < 1.29 is 38.8 Å². The van der Waals surface area contributed by atoms with E-state index in [1.54, 1.807) is 12.3 Å². The number of thiazole rings is 1. The van der Waals surface area contributed by atoms with Crippen molar-refractivity contribution in [3.05, 3.63) is 21.9 Å². The molecule has 0 bridgehead atoms. The zero-order valence-corrected chi connectivity index (χ0v) is 22.4. The molecule has 7 atom stereocenters. The SMILES string of the molecule is CC1C(=O)C(C)(C)[C@@H](O)CC(=O)O[C@H](C(F)=Cc2csc(CO)n2)C[C@@H]2O[C@]2(C)CCC[C@H](C)[C@@H]1O. The summed E-state index contributed by atoms with van der Waals surface area (Å²) in [6.45, 7) is 8.27. The molecule has 2 aliphatic rings. The molecule has 0 aromatic carbocycles. The number of carbonyl (C=O) groups is 2. The Balaban J connectivity index is 1.85. The minimum absolute atomic E-state index is 0.0925. The van der Waals surface area contributed by atoms with Crippen molar-refractivity contribution in [2.24, 2.45) is 17.3 Å². The van der Waals surface area contributed by atoms with E-state index in [0.29, 0.717) is 23.5 Å². The highest BCUT2D eigenvalue weighted by Gasteiger charge is 2.53. The minimum Gasteiger partial charge on any atom is -0.455 e. The quantitative estimate of drug-likeness (QED) is 0.402. The number of epoxide rings is 1. The minimum atomic E-state index is -1.38. The number of nitrogens with zero attached hydrogens (tertiary/aromatic N) is 1. The maximum absolute atomic E-state index is 15.3. The van der Waals surface area contributed by atoms with Gasteiger partial charge in [0.15, 0.2) is 6.10 Å². The molecule has 2 fully saturated rings. The van der Waals surface area contributed by atoms with Gasteiger partial charge in [-0.25, -0.2) is 9.37 Å². The summed E-state index contributed by atoms with van der Waals surface area (Å²) < 4.78 is 26.7. The average Bonchev–Trinajstić information content (AvgIpc) is 3.23. The topological polar surface area (TPSA) is 129 Å². The third-order valence-corrected chi connectivity index (χ3v) is 8.56. The van der Waals surface area contributed by atoms with Crippen LogP contribution in [0, 0.1) is 17.3 Å². The second kappa shape index (κ2) is 11.3. The predicted molar refractivity (Wildman–Crippen MR) is 132 cm³/mol. The van der Waals surface area contributed by atoms with E-state index in [-0.39, 0.29) is 30.8 Å². The number of ether oxygens (including phenoxy) is 2. The number of rotatable bonds is 3. The maximum Gasteiger partial charge on any atom is 0.309 e. The lowest BCUT2D eigenvalue weighted by molar-refractivity contribution is -0.155. The lowest BCUT2D eigenvalue weighted by Gasteiger charge is -2.34. The van der Waals surface area contributed by atoms with Gasteiger partial charge in [0.1, 0.15) is 16.6 Å². The summed E-state index contributed by atoms with van der Waals surface area (Å²) in [6.07, 6.45) is -0.982. The molecule has 0 spiro atoms. The second-order valence-corrected chi connectivity index (χ2v) is 11.9. The van der Waals surface area contributed by atoms with E-state index in [9.17, 15) is 24.9 Å². The average molecular weight is 528 g/mol. The number of esters is 1. The van der Waals surface area contributed by atoms with E-state index in [2.05, 4.69) is 4.98 Å². The second-order valence-electron chi connectivity index (χ2n) is 10.9. The molecule has 1 unspecified atom stereocenters. The largest absolute Gasteiger partial charge is 0.455 e. The Morgan fingerprint density at radius 1 is 1.28 bits per heavy atom. The van der Waals surface area contributed by atoms with Crippen molar-refractivity contribution in [1.29, 1.82) is 0 Å². The van der Waals surface area contributed by atoms with Crippen LogP contribution in [0.25, 0.3) is 6.08 Å². The van der Waals surface area contributed by atoms with Crippen molar-refractivity contribution in [1.82, 2.24) is 4.98 Å². The number of cyclic esters (lactones) is 1. The molecule has 2 saturated heterocycles. The van der Waals surface area contributed by atoms with Crippen molar-refractivity contribution in [2.45, 2.75) is 103 Å². The molecule has 0 amide bonds. The summed E-state index contributed by atoms with van der Waals surface area (Å²) in [5.41, 5.74) is -1.52. The van der Waals surface area contributed by atoms with Crippen molar-refractivity contribution in [2.75, 3.05) is 0 Å². The van der Waals surface area contributed by atoms with Gasteiger partial charge in [0.25, 0.3) is 0 Å².